The second-order valence-corrected chi connectivity index (χ2v) is 8.69. The molecular weight excluding hydrogens is 414 g/mol. The van der Waals surface area contributed by atoms with E-state index in [1.807, 2.05) is 33.7 Å². The molecule has 0 amide bonds. The molecule has 4 heterocycles. The summed E-state index contributed by atoms with van der Waals surface area (Å²) in [5.41, 5.74) is 11.5. The van der Waals surface area contributed by atoms with Crippen LogP contribution in [0.25, 0.3) is 27.7 Å². The third-order valence-corrected chi connectivity index (χ3v) is 6.27. The number of imidazole rings is 1. The van der Waals surface area contributed by atoms with Crippen LogP contribution >= 0.6 is 0 Å². The zero-order valence-corrected chi connectivity index (χ0v) is 19.0. The van der Waals surface area contributed by atoms with E-state index in [-0.39, 0.29) is 0 Å². The molecule has 0 bridgehead atoms. The van der Waals surface area contributed by atoms with Gasteiger partial charge in [0.2, 0.25) is 0 Å². The summed E-state index contributed by atoms with van der Waals surface area (Å²) >= 11 is 0. The summed E-state index contributed by atoms with van der Waals surface area (Å²) in [6.45, 7) is 3.63. The van der Waals surface area contributed by atoms with Crippen molar-refractivity contribution in [1.29, 1.82) is 0 Å². The third-order valence-electron chi connectivity index (χ3n) is 6.27. The second kappa shape index (κ2) is 9.07. The molecule has 1 aromatic carbocycles. The maximum atomic E-state index is 5.39. The van der Waals surface area contributed by atoms with Gasteiger partial charge in [-0.2, -0.15) is 0 Å². The van der Waals surface area contributed by atoms with Crippen LogP contribution in [0.4, 0.5) is 0 Å². The van der Waals surface area contributed by atoms with Crippen molar-refractivity contribution >= 4 is 16.4 Å². The molecule has 1 aliphatic carbocycles. The summed E-state index contributed by atoms with van der Waals surface area (Å²) in [5, 5.41) is 9.89. The van der Waals surface area contributed by atoms with Crippen molar-refractivity contribution in [3.05, 3.63) is 66.5 Å². The van der Waals surface area contributed by atoms with Gasteiger partial charge in [0.15, 0.2) is 0 Å². The number of rotatable bonds is 5. The fourth-order valence-electron chi connectivity index (χ4n) is 4.16. The summed E-state index contributed by atoms with van der Waals surface area (Å²) in [6.07, 6.45) is 11.6. The van der Waals surface area contributed by atoms with Gasteiger partial charge >= 0.3 is 0 Å². The number of aromatic amines is 1. The quantitative estimate of drug-likeness (QED) is 0.424. The SMILES string of the molecule is COc1cc(-c2cn(Cc3ccc4cc(C)[nH]c4c3)nn2)c2cncn2c1.NCC1CCC1. The number of H-pyrrole nitrogens is 1. The Labute approximate surface area is 192 Å². The molecule has 0 spiro atoms. The molecule has 0 radical (unpaired) electrons. The number of hydrogen-bond donors (Lipinski definition) is 2. The van der Waals surface area contributed by atoms with E-state index in [1.165, 1.54) is 30.2 Å². The fourth-order valence-corrected chi connectivity index (χ4v) is 4.16. The number of benzene rings is 1. The Kier molecular flexibility index (Phi) is 5.83. The van der Waals surface area contributed by atoms with Crippen LogP contribution in [0.1, 0.15) is 30.5 Å². The number of pyridine rings is 1. The Morgan fingerprint density at radius 2 is 2.06 bits per heavy atom. The lowest BCUT2D eigenvalue weighted by Gasteiger charge is -2.22. The first-order chi connectivity index (χ1) is 16.1. The minimum Gasteiger partial charge on any atom is -0.495 e. The summed E-state index contributed by atoms with van der Waals surface area (Å²) in [7, 11) is 1.65. The van der Waals surface area contributed by atoms with Gasteiger partial charge in [-0.3, -0.25) is 0 Å². The normalized spacial score (nSPS) is 13.7. The van der Waals surface area contributed by atoms with Crippen LogP contribution in [-0.4, -0.2) is 43.0 Å². The van der Waals surface area contributed by atoms with Crippen molar-refractivity contribution in [1.82, 2.24) is 29.4 Å². The summed E-state index contributed by atoms with van der Waals surface area (Å²) < 4.78 is 9.16. The highest BCUT2D eigenvalue weighted by molar-refractivity contribution is 5.81. The molecule has 170 valence electrons. The van der Waals surface area contributed by atoms with Gasteiger partial charge in [0.05, 0.1) is 44.1 Å². The molecule has 6 rings (SSSR count). The lowest BCUT2D eigenvalue weighted by Crippen LogP contribution is -2.20. The van der Waals surface area contributed by atoms with Gasteiger partial charge in [0.25, 0.3) is 0 Å². The topological polar surface area (TPSA) is 99.0 Å². The van der Waals surface area contributed by atoms with Crippen molar-refractivity contribution in [3.63, 3.8) is 0 Å². The van der Waals surface area contributed by atoms with Crippen molar-refractivity contribution in [2.75, 3.05) is 13.7 Å². The van der Waals surface area contributed by atoms with E-state index in [9.17, 15) is 0 Å². The number of methoxy groups -OCH3 is 1. The largest absolute Gasteiger partial charge is 0.495 e. The van der Waals surface area contributed by atoms with Crippen LogP contribution in [0.2, 0.25) is 0 Å². The van der Waals surface area contributed by atoms with Gasteiger partial charge in [0.1, 0.15) is 11.4 Å². The fraction of sp³-hybridized carbons (Fsp3) is 0.320. The maximum absolute atomic E-state index is 5.39. The number of aromatic nitrogens is 6. The van der Waals surface area contributed by atoms with E-state index >= 15 is 0 Å². The smallest absolute Gasteiger partial charge is 0.136 e. The first-order valence-electron chi connectivity index (χ1n) is 11.3. The predicted octanol–water partition coefficient (Wildman–Crippen LogP) is 4.18. The van der Waals surface area contributed by atoms with Gasteiger partial charge in [0, 0.05) is 16.8 Å². The number of ether oxygens (including phenoxy) is 1. The highest BCUT2D eigenvalue weighted by Crippen LogP contribution is 2.27. The van der Waals surface area contributed by atoms with Gasteiger partial charge in [-0.25, -0.2) is 9.67 Å². The van der Waals surface area contributed by atoms with Crippen molar-refractivity contribution in [3.8, 4) is 17.0 Å². The van der Waals surface area contributed by atoms with Crippen LogP contribution in [0.15, 0.2) is 55.2 Å². The van der Waals surface area contributed by atoms with Gasteiger partial charge in [-0.1, -0.05) is 23.8 Å². The average molecular weight is 444 g/mol. The minimum absolute atomic E-state index is 0.653. The Bertz CT molecular complexity index is 1370. The molecule has 1 aliphatic rings. The van der Waals surface area contributed by atoms with E-state index in [2.05, 4.69) is 51.5 Å². The molecule has 4 aromatic heterocycles. The van der Waals surface area contributed by atoms with E-state index in [1.54, 1.807) is 13.4 Å². The second-order valence-electron chi connectivity index (χ2n) is 8.69. The number of nitrogens with zero attached hydrogens (tertiary/aromatic N) is 5. The molecular formula is C25H29N7O. The monoisotopic (exact) mass is 443 g/mol. The molecule has 0 saturated heterocycles. The molecule has 5 aromatic rings. The standard InChI is InChI=1S/C20H18N6O.C5H11N/c1-13-5-15-4-3-14(6-18(15)22-13)9-26-11-19(23-24-26)17-7-16(27-2)10-25-12-21-8-20(17)25;6-4-5-2-1-3-5/h3-8,10-12,22H,9H2,1-2H3;5H,1-4,6H2. The van der Waals surface area contributed by atoms with Gasteiger partial charge in [-0.05, 0) is 61.4 Å². The highest BCUT2D eigenvalue weighted by atomic mass is 16.5. The van der Waals surface area contributed by atoms with Crippen molar-refractivity contribution in [2.45, 2.75) is 32.7 Å². The lowest BCUT2D eigenvalue weighted by atomic mass is 9.86. The number of nitrogens with one attached hydrogen (secondary N) is 1. The van der Waals surface area contributed by atoms with Crippen molar-refractivity contribution in [2.24, 2.45) is 11.7 Å². The summed E-state index contributed by atoms with van der Waals surface area (Å²) in [6, 6.07) is 10.5. The van der Waals surface area contributed by atoms with Crippen LogP contribution in [-0.2, 0) is 6.54 Å². The van der Waals surface area contributed by atoms with E-state index in [0.717, 1.165) is 46.2 Å². The zero-order valence-electron chi connectivity index (χ0n) is 19.0. The molecule has 1 fully saturated rings. The molecule has 33 heavy (non-hydrogen) atoms. The van der Waals surface area contributed by atoms with Crippen LogP contribution in [0.5, 0.6) is 5.75 Å². The first-order valence-corrected chi connectivity index (χ1v) is 11.3. The number of hydrogen-bond acceptors (Lipinski definition) is 5. The van der Waals surface area contributed by atoms with E-state index in [4.69, 9.17) is 10.5 Å². The van der Waals surface area contributed by atoms with E-state index in [0.29, 0.717) is 6.54 Å². The first kappa shape index (κ1) is 21.2. The minimum atomic E-state index is 0.653. The molecule has 0 aliphatic heterocycles. The summed E-state index contributed by atoms with van der Waals surface area (Å²) in [4.78, 5) is 7.59. The van der Waals surface area contributed by atoms with Gasteiger partial charge in [-0.15, -0.1) is 5.10 Å². The number of aryl methyl sites for hydroxylation is 1. The molecule has 0 unspecified atom stereocenters. The Balaban J connectivity index is 0.000000332. The molecule has 8 heteroatoms. The van der Waals surface area contributed by atoms with Crippen LogP contribution in [0.3, 0.4) is 0 Å². The Morgan fingerprint density at radius 3 is 2.79 bits per heavy atom. The number of nitrogens with two attached hydrogens (primary N) is 1. The molecule has 3 N–H and O–H groups in total. The molecule has 8 nitrogen and oxygen atoms in total. The Hall–Kier alpha value is -3.65. The van der Waals surface area contributed by atoms with Crippen LogP contribution < -0.4 is 10.5 Å². The maximum Gasteiger partial charge on any atom is 0.136 e. The average Bonchev–Trinajstić information content (AvgIpc) is 3.51. The van der Waals surface area contributed by atoms with Gasteiger partial charge < -0.3 is 19.9 Å². The lowest BCUT2D eigenvalue weighted by molar-refractivity contribution is 0.325. The summed E-state index contributed by atoms with van der Waals surface area (Å²) in [5.74, 6) is 1.64. The zero-order chi connectivity index (χ0) is 22.8. The van der Waals surface area contributed by atoms with E-state index < -0.39 is 0 Å². The van der Waals surface area contributed by atoms with Crippen LogP contribution in [0, 0.1) is 12.8 Å². The third kappa shape index (κ3) is 4.47. The predicted molar refractivity (Wildman–Crippen MR) is 129 cm³/mol. The van der Waals surface area contributed by atoms with Crippen molar-refractivity contribution < 1.29 is 4.74 Å². The number of fused-ring (bicyclic) bond motifs is 2. The Morgan fingerprint density at radius 1 is 1.18 bits per heavy atom. The molecule has 0 atom stereocenters. The highest BCUT2D eigenvalue weighted by Gasteiger charge is 2.14. The molecule has 1 saturated carbocycles.